The maximum Gasteiger partial charge on any atom is 0.257 e. The molecule has 1 N–H and O–H groups in total. The predicted octanol–water partition coefficient (Wildman–Crippen LogP) is 3.20. The van der Waals surface area contributed by atoms with Gasteiger partial charge in [0.1, 0.15) is 0 Å². The molecule has 0 radical (unpaired) electrons. The Kier molecular flexibility index (Phi) is 3.30. The third kappa shape index (κ3) is 2.40. The first-order valence-electron chi connectivity index (χ1n) is 6.16. The van der Waals surface area contributed by atoms with Crippen molar-refractivity contribution in [1.82, 2.24) is 15.5 Å². The molecule has 2 heterocycles. The molecule has 0 saturated carbocycles. The Morgan fingerprint density at radius 2 is 2.06 bits per heavy atom. The number of hydrogen-bond acceptors (Lipinski definition) is 4. The summed E-state index contributed by atoms with van der Waals surface area (Å²) in [5.41, 5.74) is 0.897. The Hall–Kier alpha value is -1.39. The van der Waals surface area contributed by atoms with Crippen LogP contribution in [0, 0.1) is 0 Å². The lowest BCUT2D eigenvalue weighted by Crippen LogP contribution is -2.27. The number of hydrogen-bond donors (Lipinski definition) is 1. The summed E-state index contributed by atoms with van der Waals surface area (Å²) in [5, 5.41) is 8.16. The highest BCUT2D eigenvalue weighted by Gasteiger charge is 2.20. The topological polar surface area (TPSA) is 51.0 Å². The van der Waals surface area contributed by atoms with E-state index in [1.54, 1.807) is 0 Å². The molecule has 1 atom stereocenters. The van der Waals surface area contributed by atoms with E-state index >= 15 is 0 Å². The van der Waals surface area contributed by atoms with Crippen molar-refractivity contribution < 1.29 is 4.52 Å². The van der Waals surface area contributed by atoms with E-state index in [1.807, 2.05) is 24.3 Å². The summed E-state index contributed by atoms with van der Waals surface area (Å²) in [6, 6.07) is 7.63. The molecule has 1 aliphatic heterocycles. The van der Waals surface area contributed by atoms with Crippen LogP contribution < -0.4 is 5.32 Å². The molecule has 0 spiro atoms. The average Bonchev–Trinajstić information content (AvgIpc) is 2.90. The molecule has 1 aliphatic rings. The summed E-state index contributed by atoms with van der Waals surface area (Å²) in [5.74, 6) is 1.30. The summed E-state index contributed by atoms with van der Waals surface area (Å²) in [7, 11) is 0. The monoisotopic (exact) mass is 263 g/mol. The van der Waals surface area contributed by atoms with Gasteiger partial charge in [-0.25, -0.2) is 0 Å². The Morgan fingerprint density at radius 1 is 1.22 bits per heavy atom. The largest absolute Gasteiger partial charge is 0.334 e. The molecule has 1 fully saturated rings. The third-order valence-electron chi connectivity index (χ3n) is 3.15. The molecule has 5 heteroatoms. The quantitative estimate of drug-likeness (QED) is 0.904. The van der Waals surface area contributed by atoms with E-state index < -0.39 is 0 Å². The zero-order valence-electron chi connectivity index (χ0n) is 9.90. The molecular weight excluding hydrogens is 250 g/mol. The lowest BCUT2D eigenvalue weighted by molar-refractivity contribution is 0.367. The second kappa shape index (κ2) is 5.08. The maximum atomic E-state index is 5.85. The number of halogens is 1. The highest BCUT2D eigenvalue weighted by molar-refractivity contribution is 6.30. The Bertz CT molecular complexity index is 517. The van der Waals surface area contributed by atoms with Crippen molar-refractivity contribution in [3.63, 3.8) is 0 Å². The predicted molar refractivity (Wildman–Crippen MR) is 69.3 cm³/mol. The van der Waals surface area contributed by atoms with Gasteiger partial charge in [0.05, 0.1) is 6.04 Å². The van der Waals surface area contributed by atoms with Gasteiger partial charge in [-0.2, -0.15) is 4.98 Å². The first-order valence-corrected chi connectivity index (χ1v) is 6.53. The summed E-state index contributed by atoms with van der Waals surface area (Å²) in [4.78, 5) is 4.45. The molecule has 0 bridgehead atoms. The molecule has 4 nitrogen and oxygen atoms in total. The fraction of sp³-hybridized carbons (Fsp3) is 0.385. The molecular formula is C13H14ClN3O. The lowest BCUT2D eigenvalue weighted by Gasteiger charge is -2.19. The van der Waals surface area contributed by atoms with Crippen LogP contribution in [0.5, 0.6) is 0 Å². The van der Waals surface area contributed by atoms with Crippen LogP contribution in [0.1, 0.15) is 31.1 Å². The van der Waals surface area contributed by atoms with Gasteiger partial charge >= 0.3 is 0 Å². The SMILES string of the molecule is Clc1ccc(-c2nc(C3CCCCN3)no2)cc1. The van der Waals surface area contributed by atoms with Crippen molar-refractivity contribution in [1.29, 1.82) is 0 Å². The minimum absolute atomic E-state index is 0.226. The van der Waals surface area contributed by atoms with Gasteiger partial charge in [-0.1, -0.05) is 23.2 Å². The van der Waals surface area contributed by atoms with Gasteiger partial charge in [-0.3, -0.25) is 0 Å². The number of nitrogens with zero attached hydrogens (tertiary/aromatic N) is 2. The highest BCUT2D eigenvalue weighted by Crippen LogP contribution is 2.24. The van der Waals surface area contributed by atoms with Crippen LogP contribution in [-0.2, 0) is 0 Å². The van der Waals surface area contributed by atoms with Crippen LogP contribution in [0.3, 0.4) is 0 Å². The van der Waals surface area contributed by atoms with Crippen molar-refractivity contribution in [3.8, 4) is 11.5 Å². The molecule has 2 aromatic rings. The van der Waals surface area contributed by atoms with E-state index in [4.69, 9.17) is 16.1 Å². The maximum absolute atomic E-state index is 5.85. The number of benzene rings is 1. The van der Waals surface area contributed by atoms with Gasteiger partial charge in [0.15, 0.2) is 5.82 Å². The lowest BCUT2D eigenvalue weighted by atomic mass is 10.0. The van der Waals surface area contributed by atoms with Crippen molar-refractivity contribution in [2.75, 3.05) is 6.54 Å². The van der Waals surface area contributed by atoms with Gasteiger partial charge in [0, 0.05) is 10.6 Å². The van der Waals surface area contributed by atoms with Crippen LogP contribution in [-0.4, -0.2) is 16.7 Å². The zero-order chi connectivity index (χ0) is 12.4. The smallest absolute Gasteiger partial charge is 0.257 e. The molecule has 1 saturated heterocycles. The molecule has 1 aromatic heterocycles. The Labute approximate surface area is 110 Å². The number of rotatable bonds is 2. The van der Waals surface area contributed by atoms with E-state index in [0.717, 1.165) is 24.4 Å². The minimum Gasteiger partial charge on any atom is -0.334 e. The van der Waals surface area contributed by atoms with E-state index in [1.165, 1.54) is 12.8 Å². The standard InChI is InChI=1S/C13H14ClN3O/c14-10-6-4-9(5-7-10)13-16-12(17-18-13)11-3-1-2-8-15-11/h4-7,11,15H,1-3,8H2. The Morgan fingerprint density at radius 3 is 2.78 bits per heavy atom. The van der Waals surface area contributed by atoms with Crippen molar-refractivity contribution in [3.05, 3.63) is 35.1 Å². The third-order valence-corrected chi connectivity index (χ3v) is 3.41. The molecule has 3 rings (SSSR count). The van der Waals surface area contributed by atoms with Gasteiger partial charge in [0.25, 0.3) is 5.89 Å². The van der Waals surface area contributed by atoms with Gasteiger partial charge in [0.2, 0.25) is 0 Å². The van der Waals surface area contributed by atoms with Crippen molar-refractivity contribution >= 4 is 11.6 Å². The van der Waals surface area contributed by atoms with Crippen LogP contribution >= 0.6 is 11.6 Å². The second-order valence-corrected chi connectivity index (χ2v) is 4.90. The van der Waals surface area contributed by atoms with Crippen molar-refractivity contribution in [2.24, 2.45) is 0 Å². The summed E-state index contributed by atoms with van der Waals surface area (Å²) in [6.45, 7) is 1.02. The van der Waals surface area contributed by atoms with Crippen molar-refractivity contribution in [2.45, 2.75) is 25.3 Å². The normalized spacial score (nSPS) is 19.9. The van der Waals surface area contributed by atoms with Crippen LogP contribution in [0.25, 0.3) is 11.5 Å². The summed E-state index contributed by atoms with van der Waals surface area (Å²) < 4.78 is 5.30. The van der Waals surface area contributed by atoms with E-state index in [0.29, 0.717) is 10.9 Å². The molecule has 1 aromatic carbocycles. The number of aromatic nitrogens is 2. The first-order chi connectivity index (χ1) is 8.83. The summed E-state index contributed by atoms with van der Waals surface area (Å²) in [6.07, 6.45) is 3.50. The minimum atomic E-state index is 0.226. The van der Waals surface area contributed by atoms with Crippen LogP contribution in [0.15, 0.2) is 28.8 Å². The Balaban J connectivity index is 1.82. The van der Waals surface area contributed by atoms with E-state index in [2.05, 4.69) is 15.5 Å². The second-order valence-electron chi connectivity index (χ2n) is 4.47. The zero-order valence-corrected chi connectivity index (χ0v) is 10.7. The molecule has 0 aliphatic carbocycles. The van der Waals surface area contributed by atoms with Gasteiger partial charge in [-0.05, 0) is 43.7 Å². The fourth-order valence-electron chi connectivity index (χ4n) is 2.16. The highest BCUT2D eigenvalue weighted by atomic mass is 35.5. The van der Waals surface area contributed by atoms with Crippen LogP contribution in [0.4, 0.5) is 0 Å². The molecule has 1 unspecified atom stereocenters. The average molecular weight is 264 g/mol. The number of nitrogens with one attached hydrogen (secondary N) is 1. The summed E-state index contributed by atoms with van der Waals surface area (Å²) >= 11 is 5.85. The fourth-order valence-corrected chi connectivity index (χ4v) is 2.28. The van der Waals surface area contributed by atoms with E-state index in [9.17, 15) is 0 Å². The van der Waals surface area contributed by atoms with Gasteiger partial charge < -0.3 is 9.84 Å². The molecule has 0 amide bonds. The first kappa shape index (κ1) is 11.7. The number of piperidine rings is 1. The van der Waals surface area contributed by atoms with E-state index in [-0.39, 0.29) is 6.04 Å². The van der Waals surface area contributed by atoms with Gasteiger partial charge in [-0.15, -0.1) is 0 Å². The van der Waals surface area contributed by atoms with Crippen LogP contribution in [0.2, 0.25) is 5.02 Å². The molecule has 18 heavy (non-hydrogen) atoms. The molecule has 94 valence electrons.